The normalized spacial score (nSPS) is 28.8. The topological polar surface area (TPSA) is 107 Å². The van der Waals surface area contributed by atoms with Crippen LogP contribution in [0.25, 0.3) is 0 Å². The highest BCUT2D eigenvalue weighted by atomic mass is 32.2. The number of rotatable bonds is 6. The molecule has 1 aromatic heterocycles. The van der Waals surface area contributed by atoms with Gasteiger partial charge in [-0.15, -0.1) is 10.2 Å². The molecule has 1 amide bonds. The number of carbonyl (C=O) groups is 2. The van der Waals surface area contributed by atoms with E-state index < -0.39 is 0 Å². The van der Waals surface area contributed by atoms with Crippen molar-refractivity contribution >= 4 is 40.1 Å². The van der Waals surface area contributed by atoms with Crippen LogP contribution in [0, 0.1) is 17.8 Å². The van der Waals surface area contributed by atoms with E-state index in [1.54, 1.807) is 6.92 Å². The van der Waals surface area contributed by atoms with Crippen molar-refractivity contribution in [1.29, 1.82) is 0 Å². The molecular weight excluding hydrogens is 336 g/mol. The van der Waals surface area contributed by atoms with Crippen molar-refractivity contribution < 1.29 is 14.3 Å². The van der Waals surface area contributed by atoms with Crippen molar-refractivity contribution in [3.05, 3.63) is 0 Å². The highest BCUT2D eigenvalue weighted by Gasteiger charge is 2.49. The number of aromatic nitrogens is 2. The van der Waals surface area contributed by atoms with Gasteiger partial charge in [0.15, 0.2) is 4.34 Å². The second-order valence-corrected chi connectivity index (χ2v) is 8.09. The number of fused-ring (bicyclic) bond motifs is 2. The fraction of sp³-hybridized carbons (Fsp3) is 0.714. The number of thioether (sulfide) groups is 1. The molecular formula is C14H20N4O3S2. The molecule has 2 aliphatic rings. The quantitative estimate of drug-likeness (QED) is 0.452. The van der Waals surface area contributed by atoms with Gasteiger partial charge in [0, 0.05) is 6.04 Å². The van der Waals surface area contributed by atoms with E-state index in [0.29, 0.717) is 27.9 Å². The molecule has 2 fully saturated rings. The molecule has 2 aliphatic carbocycles. The lowest BCUT2D eigenvalue weighted by Crippen LogP contribution is -2.42. The minimum absolute atomic E-state index is 0.0423. The Balaban J connectivity index is 1.53. The summed E-state index contributed by atoms with van der Waals surface area (Å²) in [5.74, 6) is 0.622. The molecule has 3 rings (SSSR count). The lowest BCUT2D eigenvalue weighted by atomic mass is 9.84. The third-order valence-corrected chi connectivity index (χ3v) is 6.48. The van der Waals surface area contributed by atoms with Crippen LogP contribution in [-0.4, -0.2) is 40.5 Å². The Labute approximate surface area is 142 Å². The zero-order chi connectivity index (χ0) is 16.4. The Morgan fingerprint density at radius 3 is 2.87 bits per heavy atom. The third-order valence-electron chi connectivity index (χ3n) is 4.54. The Morgan fingerprint density at radius 1 is 1.39 bits per heavy atom. The van der Waals surface area contributed by atoms with Gasteiger partial charge in [0.2, 0.25) is 11.0 Å². The lowest BCUT2D eigenvalue weighted by molar-refractivity contribution is -0.139. The molecule has 3 N–H and O–H groups in total. The maximum atomic E-state index is 12.4. The monoisotopic (exact) mass is 356 g/mol. The van der Waals surface area contributed by atoms with Crippen molar-refractivity contribution in [2.45, 2.75) is 36.6 Å². The number of nitrogens with one attached hydrogen (secondary N) is 1. The summed E-state index contributed by atoms with van der Waals surface area (Å²) in [5, 5.41) is 11.2. The molecule has 2 bridgehead atoms. The summed E-state index contributed by atoms with van der Waals surface area (Å²) in [6.07, 6.45) is 3.30. The van der Waals surface area contributed by atoms with Crippen LogP contribution < -0.4 is 11.1 Å². The molecule has 0 saturated heterocycles. The first-order chi connectivity index (χ1) is 11.1. The first-order valence-electron chi connectivity index (χ1n) is 7.76. The van der Waals surface area contributed by atoms with Crippen LogP contribution in [0.2, 0.25) is 0 Å². The second-order valence-electron chi connectivity index (χ2n) is 5.89. The Morgan fingerprint density at radius 2 is 2.17 bits per heavy atom. The van der Waals surface area contributed by atoms with Crippen LogP contribution in [0.3, 0.4) is 0 Å². The van der Waals surface area contributed by atoms with E-state index in [0.717, 1.165) is 19.3 Å². The van der Waals surface area contributed by atoms with Gasteiger partial charge in [-0.25, -0.2) is 0 Å². The largest absolute Gasteiger partial charge is 0.465 e. The van der Waals surface area contributed by atoms with Crippen molar-refractivity contribution in [3.63, 3.8) is 0 Å². The van der Waals surface area contributed by atoms with Crippen LogP contribution in [0.4, 0.5) is 5.13 Å². The minimum atomic E-state index is -0.286. The molecule has 1 aromatic rings. The maximum Gasteiger partial charge on any atom is 0.316 e. The molecule has 0 aromatic carbocycles. The number of ether oxygens (including phenoxy) is 1. The van der Waals surface area contributed by atoms with Gasteiger partial charge in [-0.1, -0.05) is 23.1 Å². The summed E-state index contributed by atoms with van der Waals surface area (Å²) < 4.78 is 5.49. The molecule has 0 aliphatic heterocycles. The number of amides is 1. The first kappa shape index (κ1) is 16.7. The van der Waals surface area contributed by atoms with Crippen LogP contribution in [-0.2, 0) is 14.3 Å². The first-order valence-corrected chi connectivity index (χ1v) is 9.57. The van der Waals surface area contributed by atoms with Crippen LogP contribution in [0.5, 0.6) is 0 Å². The van der Waals surface area contributed by atoms with E-state index in [-0.39, 0.29) is 29.6 Å². The fourth-order valence-corrected chi connectivity index (χ4v) is 5.11. The van der Waals surface area contributed by atoms with E-state index in [9.17, 15) is 9.59 Å². The van der Waals surface area contributed by atoms with Crippen molar-refractivity contribution in [2.75, 3.05) is 17.7 Å². The van der Waals surface area contributed by atoms with E-state index in [2.05, 4.69) is 15.5 Å². The third kappa shape index (κ3) is 3.67. The standard InChI is InChI=1S/C14H20N4O3S2/c1-2-21-9(19)6-22-14-18-17-13(23-14)16-12(20)10-7-3-4-8(5-7)11(10)15/h7-8,10-11H,2-6,15H2,1H3,(H,16,17,20). The summed E-state index contributed by atoms with van der Waals surface area (Å²) in [7, 11) is 0. The minimum Gasteiger partial charge on any atom is -0.465 e. The van der Waals surface area contributed by atoms with Crippen molar-refractivity contribution in [1.82, 2.24) is 10.2 Å². The molecule has 0 spiro atoms. The number of nitrogens with zero attached hydrogens (tertiary/aromatic N) is 2. The summed E-state index contributed by atoms with van der Waals surface area (Å²) in [6.45, 7) is 2.13. The highest BCUT2D eigenvalue weighted by Crippen LogP contribution is 2.48. The van der Waals surface area contributed by atoms with Crippen LogP contribution >= 0.6 is 23.1 Å². The number of hydrogen-bond acceptors (Lipinski definition) is 8. The Hall–Kier alpha value is -1.19. The van der Waals surface area contributed by atoms with Crippen molar-refractivity contribution in [3.8, 4) is 0 Å². The maximum absolute atomic E-state index is 12.4. The smallest absolute Gasteiger partial charge is 0.316 e. The van der Waals surface area contributed by atoms with E-state index in [1.807, 2.05) is 0 Å². The van der Waals surface area contributed by atoms with Crippen LogP contribution in [0.1, 0.15) is 26.2 Å². The second kappa shape index (κ2) is 7.14. The van der Waals surface area contributed by atoms with E-state index in [4.69, 9.17) is 10.5 Å². The van der Waals surface area contributed by atoms with E-state index >= 15 is 0 Å². The van der Waals surface area contributed by atoms with Gasteiger partial charge in [-0.2, -0.15) is 0 Å². The predicted molar refractivity (Wildman–Crippen MR) is 88.2 cm³/mol. The number of esters is 1. The molecule has 23 heavy (non-hydrogen) atoms. The van der Waals surface area contributed by atoms with Gasteiger partial charge in [0.25, 0.3) is 0 Å². The number of carbonyl (C=O) groups excluding carboxylic acids is 2. The Bertz CT molecular complexity index is 592. The molecule has 1 heterocycles. The average molecular weight is 356 g/mol. The van der Waals surface area contributed by atoms with Crippen molar-refractivity contribution in [2.24, 2.45) is 23.5 Å². The van der Waals surface area contributed by atoms with Gasteiger partial charge in [-0.05, 0) is 38.0 Å². The van der Waals surface area contributed by atoms with Crippen LogP contribution in [0.15, 0.2) is 4.34 Å². The molecule has 126 valence electrons. The van der Waals surface area contributed by atoms with Gasteiger partial charge < -0.3 is 15.8 Å². The number of hydrogen-bond donors (Lipinski definition) is 2. The molecule has 4 atom stereocenters. The summed E-state index contributed by atoms with van der Waals surface area (Å²) in [5.41, 5.74) is 6.18. The lowest BCUT2D eigenvalue weighted by Gasteiger charge is -2.26. The summed E-state index contributed by atoms with van der Waals surface area (Å²) >= 11 is 2.52. The van der Waals surface area contributed by atoms with Gasteiger partial charge >= 0.3 is 5.97 Å². The fourth-order valence-electron chi connectivity index (χ4n) is 3.56. The van der Waals surface area contributed by atoms with Gasteiger partial charge in [-0.3, -0.25) is 9.59 Å². The Kier molecular flexibility index (Phi) is 5.17. The average Bonchev–Trinajstić information content (AvgIpc) is 3.21. The molecule has 9 heteroatoms. The van der Waals surface area contributed by atoms with Gasteiger partial charge in [0.1, 0.15) is 0 Å². The van der Waals surface area contributed by atoms with Gasteiger partial charge in [0.05, 0.1) is 18.3 Å². The summed E-state index contributed by atoms with van der Waals surface area (Å²) in [4.78, 5) is 23.8. The predicted octanol–water partition coefficient (Wildman–Crippen LogP) is 1.51. The summed E-state index contributed by atoms with van der Waals surface area (Å²) in [6, 6.07) is -0.0423. The zero-order valence-electron chi connectivity index (χ0n) is 12.9. The number of anilines is 1. The van der Waals surface area contributed by atoms with E-state index in [1.165, 1.54) is 23.1 Å². The molecule has 7 nitrogen and oxygen atoms in total. The highest BCUT2D eigenvalue weighted by molar-refractivity contribution is 8.01. The molecule has 2 saturated carbocycles. The zero-order valence-corrected chi connectivity index (χ0v) is 14.5. The molecule has 4 unspecified atom stereocenters. The number of nitrogens with two attached hydrogens (primary N) is 1. The SMILES string of the molecule is CCOC(=O)CSc1nnc(NC(=O)C2C3CCC(C3)C2N)s1. The molecule has 0 radical (unpaired) electrons.